The smallest absolute Gasteiger partial charge is 0.0223 e. The molecular weight excluding hydrogens is 134 g/mol. The zero-order chi connectivity index (χ0) is 8.10. The Hall–Kier alpha value is -0.300. The van der Waals surface area contributed by atoms with Gasteiger partial charge in [0.25, 0.3) is 0 Å². The van der Waals surface area contributed by atoms with Crippen molar-refractivity contribution >= 4 is 0 Å². The minimum absolute atomic E-state index is 0.320. The average molecular weight is 153 g/mol. The van der Waals surface area contributed by atoms with Crippen molar-refractivity contribution in [1.29, 1.82) is 0 Å². The average Bonchev–Trinajstić information content (AvgIpc) is 2.04. The van der Waals surface area contributed by atoms with E-state index in [0.717, 1.165) is 5.92 Å². The second-order valence-corrected chi connectivity index (χ2v) is 3.71. The number of rotatable bonds is 0. The van der Waals surface area contributed by atoms with Crippen LogP contribution in [-0.4, -0.2) is 6.04 Å². The molecule has 1 aliphatic rings. The molecule has 0 aromatic rings. The standard InChI is InChI=1S/C10H19N/c1-9-5-2-3-7-10(11)8-4-6-9/h3,7,9-10H,2,4-6,8,11H2,1H3. The lowest BCUT2D eigenvalue weighted by molar-refractivity contribution is 0.469. The molecule has 0 saturated carbocycles. The van der Waals surface area contributed by atoms with Crippen molar-refractivity contribution in [3.05, 3.63) is 12.2 Å². The Morgan fingerprint density at radius 1 is 1.27 bits per heavy atom. The lowest BCUT2D eigenvalue weighted by Gasteiger charge is -2.08. The van der Waals surface area contributed by atoms with Gasteiger partial charge in [-0.25, -0.2) is 0 Å². The molecule has 0 aromatic carbocycles. The van der Waals surface area contributed by atoms with Gasteiger partial charge in [-0.05, 0) is 25.2 Å². The summed E-state index contributed by atoms with van der Waals surface area (Å²) in [7, 11) is 0. The van der Waals surface area contributed by atoms with Gasteiger partial charge >= 0.3 is 0 Å². The first-order chi connectivity index (χ1) is 5.29. The lowest BCUT2D eigenvalue weighted by atomic mass is 9.99. The van der Waals surface area contributed by atoms with Crippen LogP contribution >= 0.6 is 0 Å². The molecule has 64 valence electrons. The van der Waals surface area contributed by atoms with Gasteiger partial charge in [0.15, 0.2) is 0 Å². The Balaban J connectivity index is 2.35. The van der Waals surface area contributed by atoms with Crippen molar-refractivity contribution in [1.82, 2.24) is 0 Å². The Morgan fingerprint density at radius 3 is 2.91 bits per heavy atom. The fourth-order valence-electron chi connectivity index (χ4n) is 1.59. The van der Waals surface area contributed by atoms with Gasteiger partial charge in [-0.1, -0.05) is 31.9 Å². The molecular formula is C10H19N. The highest BCUT2D eigenvalue weighted by atomic mass is 14.6. The SMILES string of the molecule is CC1CCC=CC(N)CCC1. The molecule has 0 heterocycles. The van der Waals surface area contributed by atoms with E-state index in [1.165, 1.54) is 32.1 Å². The minimum Gasteiger partial charge on any atom is -0.324 e. The summed E-state index contributed by atoms with van der Waals surface area (Å²) in [5.41, 5.74) is 5.83. The summed E-state index contributed by atoms with van der Waals surface area (Å²) in [6.07, 6.45) is 10.8. The molecule has 2 atom stereocenters. The van der Waals surface area contributed by atoms with E-state index in [1.807, 2.05) is 0 Å². The zero-order valence-corrected chi connectivity index (χ0v) is 7.42. The summed E-state index contributed by atoms with van der Waals surface area (Å²) in [5.74, 6) is 0.893. The maximum Gasteiger partial charge on any atom is 0.0223 e. The van der Waals surface area contributed by atoms with E-state index in [4.69, 9.17) is 5.73 Å². The highest BCUT2D eigenvalue weighted by Gasteiger charge is 2.05. The summed E-state index contributed by atoms with van der Waals surface area (Å²) < 4.78 is 0. The van der Waals surface area contributed by atoms with Gasteiger partial charge in [0.1, 0.15) is 0 Å². The van der Waals surface area contributed by atoms with Gasteiger partial charge in [-0.15, -0.1) is 0 Å². The van der Waals surface area contributed by atoms with Crippen LogP contribution in [0.2, 0.25) is 0 Å². The van der Waals surface area contributed by atoms with Gasteiger partial charge in [0.05, 0.1) is 0 Å². The molecule has 11 heavy (non-hydrogen) atoms. The molecule has 1 aliphatic carbocycles. The van der Waals surface area contributed by atoms with Gasteiger partial charge in [-0.2, -0.15) is 0 Å². The van der Waals surface area contributed by atoms with Gasteiger partial charge in [-0.3, -0.25) is 0 Å². The largest absolute Gasteiger partial charge is 0.324 e. The summed E-state index contributed by atoms with van der Waals surface area (Å²) >= 11 is 0. The molecule has 0 amide bonds. The molecule has 0 spiro atoms. The van der Waals surface area contributed by atoms with Crippen molar-refractivity contribution in [2.45, 2.75) is 45.1 Å². The van der Waals surface area contributed by atoms with Crippen molar-refractivity contribution in [3.8, 4) is 0 Å². The normalized spacial score (nSPS) is 34.0. The van der Waals surface area contributed by atoms with Crippen LogP contribution in [0.1, 0.15) is 39.0 Å². The first kappa shape index (κ1) is 8.79. The molecule has 0 saturated heterocycles. The molecule has 1 heteroatoms. The molecule has 1 rings (SSSR count). The Kier molecular flexibility index (Phi) is 3.64. The van der Waals surface area contributed by atoms with Crippen LogP contribution in [0.25, 0.3) is 0 Å². The quantitative estimate of drug-likeness (QED) is 0.531. The third-order valence-corrected chi connectivity index (χ3v) is 2.44. The van der Waals surface area contributed by atoms with Gasteiger partial charge < -0.3 is 5.73 Å². The van der Waals surface area contributed by atoms with Gasteiger partial charge in [0.2, 0.25) is 0 Å². The predicted molar refractivity (Wildman–Crippen MR) is 49.4 cm³/mol. The molecule has 0 radical (unpaired) electrons. The number of hydrogen-bond acceptors (Lipinski definition) is 1. The van der Waals surface area contributed by atoms with Crippen LogP contribution in [0.4, 0.5) is 0 Å². The first-order valence-electron chi connectivity index (χ1n) is 4.71. The molecule has 2 N–H and O–H groups in total. The fourth-order valence-corrected chi connectivity index (χ4v) is 1.59. The van der Waals surface area contributed by atoms with Crippen molar-refractivity contribution in [2.24, 2.45) is 11.7 Å². The summed E-state index contributed by atoms with van der Waals surface area (Å²) in [5, 5.41) is 0. The van der Waals surface area contributed by atoms with E-state index in [0.29, 0.717) is 6.04 Å². The van der Waals surface area contributed by atoms with Crippen LogP contribution < -0.4 is 5.73 Å². The highest BCUT2D eigenvalue weighted by Crippen LogP contribution is 2.17. The monoisotopic (exact) mass is 153 g/mol. The molecule has 0 aromatic heterocycles. The Morgan fingerprint density at radius 2 is 2.09 bits per heavy atom. The van der Waals surface area contributed by atoms with E-state index < -0.39 is 0 Å². The summed E-state index contributed by atoms with van der Waals surface area (Å²) in [6.45, 7) is 2.34. The second kappa shape index (κ2) is 4.55. The van der Waals surface area contributed by atoms with Gasteiger partial charge in [0, 0.05) is 6.04 Å². The maximum atomic E-state index is 5.83. The first-order valence-corrected chi connectivity index (χ1v) is 4.71. The Labute approximate surface area is 69.7 Å². The third-order valence-electron chi connectivity index (χ3n) is 2.44. The van der Waals surface area contributed by atoms with E-state index >= 15 is 0 Å². The van der Waals surface area contributed by atoms with Crippen LogP contribution in [-0.2, 0) is 0 Å². The van der Waals surface area contributed by atoms with Crippen LogP contribution in [0, 0.1) is 5.92 Å². The fraction of sp³-hybridized carbons (Fsp3) is 0.800. The summed E-state index contributed by atoms with van der Waals surface area (Å²) in [6, 6.07) is 0.320. The lowest BCUT2D eigenvalue weighted by Crippen LogP contribution is -2.16. The zero-order valence-electron chi connectivity index (χ0n) is 7.42. The van der Waals surface area contributed by atoms with E-state index in [9.17, 15) is 0 Å². The van der Waals surface area contributed by atoms with E-state index in [-0.39, 0.29) is 0 Å². The van der Waals surface area contributed by atoms with Crippen molar-refractivity contribution in [3.63, 3.8) is 0 Å². The topological polar surface area (TPSA) is 26.0 Å². The van der Waals surface area contributed by atoms with Crippen LogP contribution in [0.5, 0.6) is 0 Å². The predicted octanol–water partition coefficient (Wildman–Crippen LogP) is 2.47. The second-order valence-electron chi connectivity index (χ2n) is 3.71. The summed E-state index contributed by atoms with van der Waals surface area (Å²) in [4.78, 5) is 0. The molecule has 0 fully saturated rings. The van der Waals surface area contributed by atoms with Crippen LogP contribution in [0.3, 0.4) is 0 Å². The number of nitrogens with two attached hydrogens (primary N) is 1. The van der Waals surface area contributed by atoms with Crippen molar-refractivity contribution < 1.29 is 0 Å². The maximum absolute atomic E-state index is 5.83. The minimum atomic E-state index is 0.320. The van der Waals surface area contributed by atoms with Crippen LogP contribution in [0.15, 0.2) is 12.2 Å². The molecule has 0 aliphatic heterocycles. The molecule has 2 unspecified atom stereocenters. The highest BCUT2D eigenvalue weighted by molar-refractivity contribution is 4.92. The third kappa shape index (κ3) is 3.57. The number of allylic oxidation sites excluding steroid dienone is 1. The van der Waals surface area contributed by atoms with E-state index in [1.54, 1.807) is 0 Å². The number of hydrogen-bond donors (Lipinski definition) is 1. The molecule has 0 bridgehead atoms. The van der Waals surface area contributed by atoms with Crippen molar-refractivity contribution in [2.75, 3.05) is 0 Å². The van der Waals surface area contributed by atoms with E-state index in [2.05, 4.69) is 19.1 Å². The molecule has 1 nitrogen and oxygen atoms in total. The Bertz CT molecular complexity index is 129.